The third-order valence-electron chi connectivity index (χ3n) is 12.5. The van der Waals surface area contributed by atoms with Gasteiger partial charge in [-0.05, 0) is 109 Å². The number of anilines is 3. The van der Waals surface area contributed by atoms with Crippen LogP contribution in [0.2, 0.25) is 0 Å². The maximum Gasteiger partial charge on any atom is 0.136 e. The molecule has 9 aromatic rings. The van der Waals surface area contributed by atoms with Gasteiger partial charge in [0.05, 0.1) is 5.69 Å². The van der Waals surface area contributed by atoms with Crippen LogP contribution in [0.25, 0.3) is 66.1 Å². The highest BCUT2D eigenvalue weighted by Crippen LogP contribution is 2.55. The number of rotatable bonds is 4. The predicted molar refractivity (Wildman–Crippen MR) is 226 cm³/mol. The number of nitrogens with zero attached hydrogens (tertiary/aromatic N) is 1. The van der Waals surface area contributed by atoms with Gasteiger partial charge in [-0.1, -0.05) is 143 Å². The van der Waals surface area contributed by atoms with Crippen LogP contribution in [0.5, 0.6) is 0 Å². The summed E-state index contributed by atoms with van der Waals surface area (Å²) in [7, 11) is 0. The summed E-state index contributed by atoms with van der Waals surface area (Å²) in [5.74, 6) is 0. The molecular weight excluding hydrogens is 655 g/mol. The minimum Gasteiger partial charge on any atom is -0.456 e. The lowest BCUT2D eigenvalue weighted by atomic mass is 9.82. The van der Waals surface area contributed by atoms with Gasteiger partial charge in [-0.3, -0.25) is 0 Å². The molecule has 54 heavy (non-hydrogen) atoms. The first-order valence-corrected chi connectivity index (χ1v) is 19.0. The quantitative estimate of drug-likeness (QED) is 0.182. The van der Waals surface area contributed by atoms with Crippen molar-refractivity contribution in [2.75, 3.05) is 4.90 Å². The van der Waals surface area contributed by atoms with Crippen LogP contribution in [0.1, 0.15) is 49.9 Å². The molecule has 0 radical (unpaired) electrons. The van der Waals surface area contributed by atoms with E-state index in [1.807, 2.05) is 0 Å². The molecule has 0 saturated carbocycles. The molecule has 0 fully saturated rings. The van der Waals surface area contributed by atoms with Crippen LogP contribution in [-0.2, 0) is 10.8 Å². The van der Waals surface area contributed by atoms with Crippen molar-refractivity contribution < 1.29 is 4.42 Å². The van der Waals surface area contributed by atoms with Crippen LogP contribution in [0, 0.1) is 0 Å². The Hall–Kier alpha value is -6.38. The van der Waals surface area contributed by atoms with Gasteiger partial charge in [0, 0.05) is 38.5 Å². The number of benzene rings is 8. The van der Waals surface area contributed by atoms with E-state index >= 15 is 0 Å². The van der Waals surface area contributed by atoms with Crippen molar-refractivity contribution in [2.45, 2.75) is 38.5 Å². The van der Waals surface area contributed by atoms with Crippen LogP contribution in [0.3, 0.4) is 0 Å². The molecule has 11 rings (SSSR count). The van der Waals surface area contributed by atoms with E-state index in [4.69, 9.17) is 4.42 Å². The Kier molecular flexibility index (Phi) is 6.39. The summed E-state index contributed by atoms with van der Waals surface area (Å²) in [5.41, 5.74) is 18.3. The minimum atomic E-state index is -0.0976. The minimum absolute atomic E-state index is 0.0540. The second-order valence-corrected chi connectivity index (χ2v) is 16.1. The van der Waals surface area contributed by atoms with Crippen molar-refractivity contribution in [3.63, 3.8) is 0 Å². The zero-order valence-corrected chi connectivity index (χ0v) is 30.9. The monoisotopic (exact) mass is 693 g/mol. The Labute approximate surface area is 315 Å². The van der Waals surface area contributed by atoms with Gasteiger partial charge in [-0.2, -0.15) is 0 Å². The highest BCUT2D eigenvalue weighted by Gasteiger charge is 2.39. The number of hydrogen-bond donors (Lipinski definition) is 0. The maximum atomic E-state index is 6.34. The summed E-state index contributed by atoms with van der Waals surface area (Å²) >= 11 is 0. The summed E-state index contributed by atoms with van der Waals surface area (Å²) in [6.45, 7) is 9.42. The summed E-state index contributed by atoms with van der Waals surface area (Å²) < 4.78 is 6.34. The van der Waals surface area contributed by atoms with Crippen molar-refractivity contribution in [2.24, 2.45) is 0 Å². The van der Waals surface area contributed by atoms with Crippen LogP contribution >= 0.6 is 0 Å². The smallest absolute Gasteiger partial charge is 0.136 e. The standard InChI is InChI=1S/C52H39NO/c1-51(2)42-16-9-7-14-38(42)40-31-36(26-27-44(40)51)53(46-19-11-18-45-50(46)39-15-8-10-17-43(39)52(45,3)4)35-24-20-32(21-25-35)34-23-28-47-41(30-34)49-37-13-6-5-12-33(37)22-29-48(49)54-47/h5-31H,1-4H3. The molecule has 0 saturated heterocycles. The first kappa shape index (κ1) is 31.2. The second-order valence-electron chi connectivity index (χ2n) is 16.1. The van der Waals surface area contributed by atoms with Gasteiger partial charge in [0.2, 0.25) is 0 Å². The average Bonchev–Trinajstić information content (AvgIpc) is 3.78. The Morgan fingerprint density at radius 1 is 0.426 bits per heavy atom. The highest BCUT2D eigenvalue weighted by atomic mass is 16.3. The molecule has 1 aromatic heterocycles. The van der Waals surface area contributed by atoms with E-state index in [9.17, 15) is 0 Å². The molecule has 2 nitrogen and oxygen atoms in total. The number of fused-ring (bicyclic) bond motifs is 11. The predicted octanol–water partition coefficient (Wildman–Crippen LogP) is 14.5. The van der Waals surface area contributed by atoms with Gasteiger partial charge in [0.1, 0.15) is 11.2 Å². The van der Waals surface area contributed by atoms with Gasteiger partial charge in [0.25, 0.3) is 0 Å². The van der Waals surface area contributed by atoms with E-state index in [-0.39, 0.29) is 10.8 Å². The molecule has 0 unspecified atom stereocenters. The third-order valence-corrected chi connectivity index (χ3v) is 12.5. The molecule has 2 aliphatic carbocycles. The lowest BCUT2D eigenvalue weighted by Crippen LogP contribution is -2.16. The normalized spacial score (nSPS) is 14.6. The molecule has 0 bridgehead atoms. The topological polar surface area (TPSA) is 16.4 Å². The molecule has 0 amide bonds. The molecule has 0 aliphatic heterocycles. The zero-order chi connectivity index (χ0) is 36.3. The lowest BCUT2D eigenvalue weighted by Gasteiger charge is -2.30. The Bertz CT molecular complexity index is 3000. The molecule has 0 atom stereocenters. The highest BCUT2D eigenvalue weighted by molar-refractivity contribution is 6.19. The van der Waals surface area contributed by atoms with Gasteiger partial charge in [-0.15, -0.1) is 0 Å². The molecule has 2 aliphatic rings. The summed E-state index contributed by atoms with van der Waals surface area (Å²) in [6, 6.07) is 60.4. The van der Waals surface area contributed by atoms with Gasteiger partial charge >= 0.3 is 0 Å². The molecule has 2 heteroatoms. The zero-order valence-electron chi connectivity index (χ0n) is 30.9. The van der Waals surface area contributed by atoms with Crippen LogP contribution < -0.4 is 4.90 Å². The van der Waals surface area contributed by atoms with E-state index in [1.54, 1.807) is 0 Å². The summed E-state index contributed by atoms with van der Waals surface area (Å²) in [6.07, 6.45) is 0. The fourth-order valence-electron chi connectivity index (χ4n) is 9.73. The Morgan fingerprint density at radius 2 is 1.06 bits per heavy atom. The fraction of sp³-hybridized carbons (Fsp3) is 0.115. The van der Waals surface area contributed by atoms with Crippen LogP contribution in [0.4, 0.5) is 17.1 Å². The van der Waals surface area contributed by atoms with E-state index < -0.39 is 0 Å². The molecule has 0 spiro atoms. The first-order chi connectivity index (χ1) is 26.3. The van der Waals surface area contributed by atoms with Gasteiger partial charge < -0.3 is 9.32 Å². The van der Waals surface area contributed by atoms with Crippen molar-refractivity contribution >= 4 is 49.8 Å². The van der Waals surface area contributed by atoms with E-state index in [0.29, 0.717) is 0 Å². The van der Waals surface area contributed by atoms with Gasteiger partial charge in [-0.25, -0.2) is 0 Å². The van der Waals surface area contributed by atoms with Crippen molar-refractivity contribution in [3.8, 4) is 33.4 Å². The van der Waals surface area contributed by atoms with Crippen molar-refractivity contribution in [1.82, 2.24) is 0 Å². The average molecular weight is 694 g/mol. The number of furan rings is 1. The molecular formula is C52H39NO. The molecule has 258 valence electrons. The number of hydrogen-bond acceptors (Lipinski definition) is 2. The van der Waals surface area contributed by atoms with E-state index in [0.717, 1.165) is 27.9 Å². The van der Waals surface area contributed by atoms with E-state index in [1.165, 1.54) is 77.5 Å². The molecule has 8 aromatic carbocycles. The Balaban J connectivity index is 1.09. The molecule has 0 N–H and O–H groups in total. The lowest BCUT2D eigenvalue weighted by molar-refractivity contribution is 0.660. The summed E-state index contributed by atoms with van der Waals surface area (Å²) in [4.78, 5) is 2.48. The van der Waals surface area contributed by atoms with Gasteiger partial charge in [0.15, 0.2) is 0 Å². The van der Waals surface area contributed by atoms with Crippen LogP contribution in [0.15, 0.2) is 168 Å². The molecule has 1 heterocycles. The van der Waals surface area contributed by atoms with Crippen LogP contribution in [-0.4, -0.2) is 0 Å². The SMILES string of the molecule is CC1(C)c2ccccc2-c2cc(N(c3ccc(-c4ccc5oc6ccc7ccccc7c6c5c4)cc3)c3cccc4c3-c3ccccc3C4(C)C)ccc21. The van der Waals surface area contributed by atoms with Crippen molar-refractivity contribution in [3.05, 3.63) is 186 Å². The van der Waals surface area contributed by atoms with Crippen molar-refractivity contribution in [1.29, 1.82) is 0 Å². The first-order valence-electron chi connectivity index (χ1n) is 19.0. The second kappa shape index (κ2) is 11.1. The third kappa shape index (κ3) is 4.28. The maximum absolute atomic E-state index is 6.34. The Morgan fingerprint density at radius 3 is 1.89 bits per heavy atom. The summed E-state index contributed by atoms with van der Waals surface area (Å²) in [5, 5.41) is 4.76. The van der Waals surface area contributed by atoms with E-state index in [2.05, 4.69) is 196 Å². The largest absolute Gasteiger partial charge is 0.456 e. The fourth-order valence-corrected chi connectivity index (χ4v) is 9.73.